The van der Waals surface area contributed by atoms with Crippen LogP contribution in [0.25, 0.3) is 0 Å². The third-order valence-corrected chi connectivity index (χ3v) is 1.86. The van der Waals surface area contributed by atoms with Crippen LogP contribution in [0.2, 0.25) is 0 Å². The maximum absolute atomic E-state index is 12.3. The topological polar surface area (TPSA) is 23.8 Å². The Balaban J connectivity index is 3.05. The summed E-state index contributed by atoms with van der Waals surface area (Å²) in [7, 11) is 0. The lowest BCUT2D eigenvalue weighted by Crippen LogP contribution is -2.17. The number of halogens is 3. The van der Waals surface area contributed by atoms with Gasteiger partial charge in [0.2, 0.25) is 0 Å². The lowest BCUT2D eigenvalue weighted by atomic mass is 9.92. The smallest absolute Gasteiger partial charge is 0.192 e. The molecule has 0 saturated heterocycles. The van der Waals surface area contributed by atoms with E-state index in [1.165, 1.54) is 6.08 Å². The van der Waals surface area contributed by atoms with Crippen LogP contribution in [0, 0.1) is 17.2 Å². The monoisotopic (exact) mass is 187 g/mol. The fourth-order valence-corrected chi connectivity index (χ4v) is 1.21. The molecule has 0 amide bonds. The Morgan fingerprint density at radius 1 is 1.54 bits per heavy atom. The largest absolute Gasteiger partial charge is 0.417 e. The van der Waals surface area contributed by atoms with Gasteiger partial charge in [0.1, 0.15) is 0 Å². The second kappa shape index (κ2) is 3.25. The van der Waals surface area contributed by atoms with Crippen LogP contribution in [0.1, 0.15) is 13.3 Å². The van der Waals surface area contributed by atoms with Crippen molar-refractivity contribution < 1.29 is 13.2 Å². The number of hydrogen-bond acceptors (Lipinski definition) is 1. The molecule has 1 nitrogen and oxygen atoms in total. The Morgan fingerprint density at radius 3 is 2.62 bits per heavy atom. The zero-order valence-electron chi connectivity index (χ0n) is 7.02. The zero-order valence-corrected chi connectivity index (χ0v) is 7.02. The number of alkyl halides is 3. The number of rotatable bonds is 0. The fraction of sp³-hybridized carbons (Fsp3) is 0.444. The summed E-state index contributed by atoms with van der Waals surface area (Å²) in [6, 6.07) is 1.55. The average Bonchev–Trinajstić information content (AvgIpc) is 2.03. The van der Waals surface area contributed by atoms with Crippen molar-refractivity contribution in [3.05, 3.63) is 23.3 Å². The van der Waals surface area contributed by atoms with Crippen LogP contribution in [0.3, 0.4) is 0 Å². The van der Waals surface area contributed by atoms with E-state index in [2.05, 4.69) is 0 Å². The van der Waals surface area contributed by atoms with Gasteiger partial charge in [-0.2, -0.15) is 18.4 Å². The highest BCUT2D eigenvalue weighted by molar-refractivity contribution is 5.46. The van der Waals surface area contributed by atoms with Gasteiger partial charge in [0, 0.05) is 0 Å². The standard InChI is InChI=1S/C9H8F3N/c1-6-2-3-7(5-13)8(4-6)9(10,11)12/h3-4,6H,2H2,1H3. The van der Waals surface area contributed by atoms with Crippen molar-refractivity contribution in [3.63, 3.8) is 0 Å². The maximum Gasteiger partial charge on any atom is 0.417 e. The molecule has 0 aliphatic heterocycles. The van der Waals surface area contributed by atoms with Crippen LogP contribution in [0.4, 0.5) is 13.2 Å². The van der Waals surface area contributed by atoms with Gasteiger partial charge in [-0.1, -0.05) is 19.1 Å². The van der Waals surface area contributed by atoms with Crippen LogP contribution >= 0.6 is 0 Å². The molecule has 0 aromatic heterocycles. The van der Waals surface area contributed by atoms with Gasteiger partial charge in [0.25, 0.3) is 0 Å². The highest BCUT2D eigenvalue weighted by Crippen LogP contribution is 2.35. The van der Waals surface area contributed by atoms with Crippen molar-refractivity contribution in [3.8, 4) is 6.07 Å². The molecule has 1 aliphatic carbocycles. The minimum absolute atomic E-state index is 0.145. The molecule has 1 aliphatic rings. The van der Waals surface area contributed by atoms with Crippen LogP contribution in [-0.4, -0.2) is 6.18 Å². The van der Waals surface area contributed by atoms with Gasteiger partial charge in [-0.05, 0) is 12.3 Å². The molecule has 0 spiro atoms. The van der Waals surface area contributed by atoms with Crippen molar-refractivity contribution in [1.82, 2.24) is 0 Å². The lowest BCUT2D eigenvalue weighted by Gasteiger charge is -2.17. The molecule has 1 atom stereocenters. The fourth-order valence-electron chi connectivity index (χ4n) is 1.21. The van der Waals surface area contributed by atoms with E-state index in [9.17, 15) is 13.2 Å². The quantitative estimate of drug-likeness (QED) is 0.572. The van der Waals surface area contributed by atoms with E-state index in [0.29, 0.717) is 6.42 Å². The van der Waals surface area contributed by atoms with Crippen LogP contribution in [0.15, 0.2) is 23.3 Å². The Morgan fingerprint density at radius 2 is 2.15 bits per heavy atom. The van der Waals surface area contributed by atoms with Gasteiger partial charge in [0.05, 0.1) is 17.2 Å². The first-order valence-electron chi connectivity index (χ1n) is 3.85. The number of hydrogen-bond donors (Lipinski definition) is 0. The van der Waals surface area contributed by atoms with Crippen molar-refractivity contribution in [2.75, 3.05) is 0 Å². The van der Waals surface area contributed by atoms with E-state index >= 15 is 0 Å². The van der Waals surface area contributed by atoms with Gasteiger partial charge in [-0.25, -0.2) is 0 Å². The average molecular weight is 187 g/mol. The molecule has 0 bridgehead atoms. The summed E-state index contributed by atoms with van der Waals surface area (Å²) in [6.07, 6.45) is -1.45. The Kier molecular flexibility index (Phi) is 2.46. The molecule has 0 aromatic rings. The first-order chi connectivity index (χ1) is 5.95. The number of nitrogens with zero attached hydrogens (tertiary/aromatic N) is 1. The van der Waals surface area contributed by atoms with Crippen molar-refractivity contribution in [1.29, 1.82) is 5.26 Å². The van der Waals surface area contributed by atoms with Crippen molar-refractivity contribution in [2.24, 2.45) is 5.92 Å². The van der Waals surface area contributed by atoms with Gasteiger partial charge in [0.15, 0.2) is 0 Å². The number of nitriles is 1. The molecule has 0 fully saturated rings. The first-order valence-corrected chi connectivity index (χ1v) is 3.85. The Labute approximate surface area is 74.2 Å². The molecule has 4 heteroatoms. The van der Waals surface area contributed by atoms with Gasteiger partial charge >= 0.3 is 6.18 Å². The van der Waals surface area contributed by atoms with Crippen LogP contribution in [-0.2, 0) is 0 Å². The SMILES string of the molecule is CC1C=C(C(F)(F)F)C(C#N)=CC1. The highest BCUT2D eigenvalue weighted by Gasteiger charge is 2.37. The molecule has 0 N–H and O–H groups in total. The Hall–Kier alpha value is -1.24. The van der Waals surface area contributed by atoms with E-state index in [-0.39, 0.29) is 11.5 Å². The molecule has 0 radical (unpaired) electrons. The van der Waals surface area contributed by atoms with Crippen LogP contribution < -0.4 is 0 Å². The summed E-state index contributed by atoms with van der Waals surface area (Å²) in [6.45, 7) is 1.69. The molecule has 0 heterocycles. The van der Waals surface area contributed by atoms with Gasteiger partial charge in [-0.3, -0.25) is 0 Å². The third kappa shape index (κ3) is 2.11. The lowest BCUT2D eigenvalue weighted by molar-refractivity contribution is -0.0896. The highest BCUT2D eigenvalue weighted by atomic mass is 19.4. The summed E-state index contributed by atoms with van der Waals surface area (Å²) in [5.74, 6) is -0.145. The van der Waals surface area contributed by atoms with Crippen molar-refractivity contribution in [2.45, 2.75) is 19.5 Å². The van der Waals surface area contributed by atoms with Gasteiger partial charge in [-0.15, -0.1) is 0 Å². The predicted molar refractivity (Wildman–Crippen MR) is 41.6 cm³/mol. The summed E-state index contributed by atoms with van der Waals surface area (Å²) in [5.41, 5.74) is -1.06. The van der Waals surface area contributed by atoms with E-state index in [4.69, 9.17) is 5.26 Å². The van der Waals surface area contributed by atoms with E-state index in [1.807, 2.05) is 0 Å². The molecule has 0 aromatic carbocycles. The van der Waals surface area contributed by atoms with E-state index in [1.54, 1.807) is 13.0 Å². The first kappa shape index (κ1) is 9.85. The molecule has 0 saturated carbocycles. The minimum Gasteiger partial charge on any atom is -0.192 e. The van der Waals surface area contributed by atoms with Crippen LogP contribution in [0.5, 0.6) is 0 Å². The van der Waals surface area contributed by atoms with Gasteiger partial charge < -0.3 is 0 Å². The number of allylic oxidation sites excluding steroid dienone is 4. The summed E-state index contributed by atoms with van der Waals surface area (Å²) < 4.78 is 36.9. The summed E-state index contributed by atoms with van der Waals surface area (Å²) in [5, 5.41) is 8.45. The normalized spacial score (nSPS) is 23.2. The van der Waals surface area contributed by atoms with E-state index in [0.717, 1.165) is 6.08 Å². The Bertz CT molecular complexity index is 304. The minimum atomic E-state index is -4.41. The maximum atomic E-state index is 12.3. The zero-order chi connectivity index (χ0) is 10.1. The second-order valence-corrected chi connectivity index (χ2v) is 3.02. The third-order valence-electron chi connectivity index (χ3n) is 1.86. The molecular formula is C9H8F3N. The second-order valence-electron chi connectivity index (χ2n) is 3.02. The predicted octanol–water partition coefficient (Wildman–Crippen LogP) is 2.96. The van der Waals surface area contributed by atoms with Crippen molar-refractivity contribution >= 4 is 0 Å². The van der Waals surface area contributed by atoms with E-state index < -0.39 is 11.7 Å². The molecule has 13 heavy (non-hydrogen) atoms. The molecule has 70 valence electrons. The summed E-state index contributed by atoms with van der Waals surface area (Å²) in [4.78, 5) is 0. The molecular weight excluding hydrogens is 179 g/mol. The molecule has 1 rings (SSSR count). The molecule has 1 unspecified atom stereocenters. The summed E-state index contributed by atoms with van der Waals surface area (Å²) >= 11 is 0.